The SMILES string of the molecule is CC(=O)c1ccc(Nc2nc(O)c(C=C3C=Nc4ccccc43)s2)cc1. The van der Waals surface area contributed by atoms with Crippen LogP contribution in [0.3, 0.4) is 0 Å². The molecule has 0 amide bonds. The van der Waals surface area contributed by atoms with Gasteiger partial charge in [0.05, 0.1) is 10.6 Å². The van der Waals surface area contributed by atoms with Gasteiger partial charge in [-0.2, -0.15) is 4.98 Å². The maximum Gasteiger partial charge on any atom is 0.231 e. The number of thiazole rings is 1. The third kappa shape index (κ3) is 3.14. The molecule has 0 fully saturated rings. The molecule has 1 aromatic heterocycles. The molecule has 5 nitrogen and oxygen atoms in total. The van der Waals surface area contributed by atoms with E-state index in [-0.39, 0.29) is 11.7 Å². The van der Waals surface area contributed by atoms with E-state index in [1.54, 1.807) is 18.3 Å². The number of para-hydroxylation sites is 1. The quantitative estimate of drug-likeness (QED) is 0.638. The number of Topliss-reactive ketones (excluding diaryl/α,β-unsaturated/α-hetero) is 1. The molecule has 0 bridgehead atoms. The molecule has 1 aliphatic heterocycles. The molecule has 3 aromatic rings. The molecule has 0 saturated carbocycles. The smallest absolute Gasteiger partial charge is 0.231 e. The van der Waals surface area contributed by atoms with Crippen molar-refractivity contribution in [2.45, 2.75) is 6.92 Å². The Morgan fingerprint density at radius 3 is 2.69 bits per heavy atom. The number of fused-ring (bicyclic) bond motifs is 1. The molecular formula is C20H15N3O2S. The van der Waals surface area contributed by atoms with E-state index >= 15 is 0 Å². The first kappa shape index (κ1) is 16.2. The minimum absolute atomic E-state index is 0.0239. The van der Waals surface area contributed by atoms with Gasteiger partial charge in [-0.1, -0.05) is 29.5 Å². The summed E-state index contributed by atoms with van der Waals surface area (Å²) in [6.45, 7) is 1.53. The molecule has 0 aliphatic carbocycles. The molecule has 0 saturated heterocycles. The molecule has 0 unspecified atom stereocenters. The summed E-state index contributed by atoms with van der Waals surface area (Å²) in [6, 6.07) is 15.0. The number of nitrogens with one attached hydrogen (secondary N) is 1. The molecule has 4 rings (SSSR count). The van der Waals surface area contributed by atoms with Crippen LogP contribution in [0.5, 0.6) is 5.88 Å². The first-order chi connectivity index (χ1) is 12.6. The van der Waals surface area contributed by atoms with Crippen molar-refractivity contribution in [1.29, 1.82) is 0 Å². The number of benzene rings is 2. The average molecular weight is 361 g/mol. The van der Waals surface area contributed by atoms with Crippen molar-refractivity contribution in [3.05, 3.63) is 64.5 Å². The van der Waals surface area contributed by atoms with Crippen molar-refractivity contribution in [3.8, 4) is 5.88 Å². The number of aromatic hydroxyl groups is 1. The molecule has 1 aliphatic rings. The molecule has 0 radical (unpaired) electrons. The number of hydrogen-bond donors (Lipinski definition) is 2. The van der Waals surface area contributed by atoms with Gasteiger partial charge in [0, 0.05) is 28.6 Å². The van der Waals surface area contributed by atoms with Gasteiger partial charge in [-0.15, -0.1) is 0 Å². The standard InChI is InChI=1S/C20H15N3O2S/c1-12(24)13-6-8-15(9-7-13)22-20-23-19(25)18(26-20)10-14-11-21-17-5-3-2-4-16(14)17/h2-11,25H,1H3,(H,22,23). The zero-order valence-electron chi connectivity index (χ0n) is 13.9. The number of aliphatic imine (C=N–C) groups is 1. The largest absolute Gasteiger partial charge is 0.492 e. The van der Waals surface area contributed by atoms with Gasteiger partial charge in [0.25, 0.3) is 0 Å². The summed E-state index contributed by atoms with van der Waals surface area (Å²) in [5.41, 5.74) is 4.36. The number of ketones is 1. The van der Waals surface area contributed by atoms with E-state index < -0.39 is 0 Å². The predicted molar refractivity (Wildman–Crippen MR) is 106 cm³/mol. The van der Waals surface area contributed by atoms with Gasteiger partial charge in [0.1, 0.15) is 0 Å². The van der Waals surface area contributed by atoms with Crippen LogP contribution in [0.15, 0.2) is 53.5 Å². The average Bonchev–Trinajstić information content (AvgIpc) is 3.20. The van der Waals surface area contributed by atoms with Gasteiger partial charge in [0.2, 0.25) is 5.88 Å². The fraction of sp³-hybridized carbons (Fsp3) is 0.0500. The lowest BCUT2D eigenvalue weighted by Gasteiger charge is -2.02. The molecule has 0 atom stereocenters. The van der Waals surface area contributed by atoms with Crippen molar-refractivity contribution in [3.63, 3.8) is 0 Å². The van der Waals surface area contributed by atoms with Crippen LogP contribution >= 0.6 is 11.3 Å². The van der Waals surface area contributed by atoms with Crippen LogP contribution in [0, 0.1) is 0 Å². The summed E-state index contributed by atoms with van der Waals surface area (Å²) in [6.07, 6.45) is 3.67. The summed E-state index contributed by atoms with van der Waals surface area (Å²) in [4.78, 5) is 20.5. The number of carbonyl (C=O) groups is 1. The van der Waals surface area contributed by atoms with Crippen molar-refractivity contribution in [1.82, 2.24) is 4.98 Å². The number of anilines is 2. The fourth-order valence-corrected chi connectivity index (χ4v) is 3.51. The van der Waals surface area contributed by atoms with Gasteiger partial charge in [0.15, 0.2) is 10.9 Å². The minimum Gasteiger partial charge on any atom is -0.492 e. The Morgan fingerprint density at radius 1 is 1.15 bits per heavy atom. The van der Waals surface area contributed by atoms with E-state index in [1.165, 1.54) is 18.3 Å². The van der Waals surface area contributed by atoms with E-state index in [2.05, 4.69) is 15.3 Å². The fourth-order valence-electron chi connectivity index (χ4n) is 2.68. The summed E-state index contributed by atoms with van der Waals surface area (Å²) < 4.78 is 0. The van der Waals surface area contributed by atoms with Crippen LogP contribution in [-0.2, 0) is 0 Å². The monoisotopic (exact) mass is 361 g/mol. The van der Waals surface area contributed by atoms with Gasteiger partial charge < -0.3 is 10.4 Å². The highest BCUT2D eigenvalue weighted by Crippen LogP contribution is 2.37. The second kappa shape index (κ2) is 6.57. The molecule has 2 aromatic carbocycles. The summed E-state index contributed by atoms with van der Waals surface area (Å²) in [5, 5.41) is 13.9. The van der Waals surface area contributed by atoms with Crippen LogP contribution in [0.25, 0.3) is 11.6 Å². The predicted octanol–water partition coefficient (Wildman–Crippen LogP) is 5.05. The molecule has 26 heavy (non-hydrogen) atoms. The number of rotatable bonds is 4. The van der Waals surface area contributed by atoms with Crippen LogP contribution in [0.4, 0.5) is 16.5 Å². The Balaban J connectivity index is 1.58. The maximum atomic E-state index is 11.3. The second-order valence-electron chi connectivity index (χ2n) is 5.84. The highest BCUT2D eigenvalue weighted by molar-refractivity contribution is 7.16. The van der Waals surface area contributed by atoms with E-state index in [0.29, 0.717) is 15.6 Å². The number of aromatic nitrogens is 1. The highest BCUT2D eigenvalue weighted by Gasteiger charge is 2.14. The van der Waals surface area contributed by atoms with Gasteiger partial charge >= 0.3 is 0 Å². The summed E-state index contributed by atoms with van der Waals surface area (Å²) in [5.74, 6) is -0.000926. The molecule has 0 spiro atoms. The van der Waals surface area contributed by atoms with Crippen LogP contribution in [0.2, 0.25) is 0 Å². The third-order valence-electron chi connectivity index (χ3n) is 4.02. The van der Waals surface area contributed by atoms with E-state index in [9.17, 15) is 9.90 Å². The first-order valence-corrected chi connectivity index (χ1v) is 8.85. The molecule has 2 heterocycles. The molecular weight excluding hydrogens is 346 g/mol. The first-order valence-electron chi connectivity index (χ1n) is 8.03. The number of carbonyl (C=O) groups excluding carboxylic acids is 1. The minimum atomic E-state index is -0.0249. The molecule has 6 heteroatoms. The maximum absolute atomic E-state index is 11.3. The molecule has 2 N–H and O–H groups in total. The zero-order chi connectivity index (χ0) is 18.1. The number of nitrogens with zero attached hydrogens (tertiary/aromatic N) is 2. The van der Waals surface area contributed by atoms with E-state index in [4.69, 9.17) is 0 Å². The Bertz CT molecular complexity index is 1050. The Morgan fingerprint density at radius 2 is 1.92 bits per heavy atom. The van der Waals surface area contributed by atoms with Crippen molar-refractivity contribution >= 4 is 51.5 Å². The Hall–Kier alpha value is -3.25. The third-order valence-corrected chi connectivity index (χ3v) is 4.93. The Labute approximate surface area is 154 Å². The highest BCUT2D eigenvalue weighted by atomic mass is 32.1. The van der Waals surface area contributed by atoms with Crippen molar-refractivity contribution < 1.29 is 9.90 Å². The van der Waals surface area contributed by atoms with Crippen molar-refractivity contribution in [2.24, 2.45) is 4.99 Å². The van der Waals surface area contributed by atoms with Gasteiger partial charge in [-0.3, -0.25) is 9.79 Å². The van der Waals surface area contributed by atoms with Gasteiger partial charge in [-0.05, 0) is 43.3 Å². The normalized spacial score (nSPS) is 13.8. The lowest BCUT2D eigenvalue weighted by molar-refractivity contribution is 0.101. The lowest BCUT2D eigenvalue weighted by Crippen LogP contribution is -1.93. The van der Waals surface area contributed by atoms with Crippen LogP contribution in [-0.4, -0.2) is 22.1 Å². The van der Waals surface area contributed by atoms with E-state index in [1.807, 2.05) is 42.5 Å². The summed E-state index contributed by atoms with van der Waals surface area (Å²) >= 11 is 1.35. The topological polar surface area (TPSA) is 74.6 Å². The Kier molecular flexibility index (Phi) is 4.10. The second-order valence-corrected chi connectivity index (χ2v) is 6.87. The van der Waals surface area contributed by atoms with Gasteiger partial charge in [-0.25, -0.2) is 0 Å². The zero-order valence-corrected chi connectivity index (χ0v) is 14.7. The van der Waals surface area contributed by atoms with Crippen LogP contribution in [0.1, 0.15) is 27.7 Å². The lowest BCUT2D eigenvalue weighted by atomic mass is 10.1. The number of allylic oxidation sites excluding steroid dienone is 1. The van der Waals surface area contributed by atoms with Crippen molar-refractivity contribution in [2.75, 3.05) is 5.32 Å². The van der Waals surface area contributed by atoms with E-state index in [0.717, 1.165) is 22.5 Å². The summed E-state index contributed by atoms with van der Waals surface area (Å²) in [7, 11) is 0. The van der Waals surface area contributed by atoms with Crippen LogP contribution < -0.4 is 5.32 Å². The number of hydrogen-bond acceptors (Lipinski definition) is 6. The molecule has 128 valence electrons.